The summed E-state index contributed by atoms with van der Waals surface area (Å²) in [6.45, 7) is 13.8. The quantitative estimate of drug-likeness (QED) is 0.299. The summed E-state index contributed by atoms with van der Waals surface area (Å²) >= 11 is 0. The van der Waals surface area contributed by atoms with Gasteiger partial charge >= 0.3 is 6.85 Å². The lowest BCUT2D eigenvalue weighted by Gasteiger charge is -2.48. The first-order valence-electron chi connectivity index (χ1n) is 12.6. The normalized spacial score (nSPS) is 15.3. The molecular weight excluding hydrogens is 423 g/mol. The highest BCUT2D eigenvalue weighted by atomic mass is 15.2. The third kappa shape index (κ3) is 3.04. The SMILES string of the molecule is Cc1cc(C)c2c(c1)N(C)c1cc(C)cc(C)c1N2B1c2ccccc2C(C)(C)c2ccccc21. The molecule has 0 fully saturated rings. The Morgan fingerprint density at radius 3 is 1.51 bits per heavy atom. The van der Waals surface area contributed by atoms with Crippen molar-refractivity contribution in [2.24, 2.45) is 0 Å². The minimum absolute atomic E-state index is 0.0490. The second-order valence-electron chi connectivity index (χ2n) is 11.0. The van der Waals surface area contributed by atoms with Gasteiger partial charge in [0.2, 0.25) is 0 Å². The van der Waals surface area contributed by atoms with Crippen LogP contribution in [0.4, 0.5) is 22.7 Å². The fraction of sp³-hybridized carbons (Fsp3) is 0.250. The Kier molecular flexibility index (Phi) is 4.73. The van der Waals surface area contributed by atoms with E-state index in [9.17, 15) is 0 Å². The van der Waals surface area contributed by atoms with Crippen molar-refractivity contribution in [2.45, 2.75) is 47.0 Å². The number of anilines is 4. The molecule has 2 aliphatic heterocycles. The Bertz CT molecular complexity index is 1390. The summed E-state index contributed by atoms with van der Waals surface area (Å²) in [6.07, 6.45) is 0. The predicted octanol–water partition coefficient (Wildman–Crippen LogP) is 6.58. The highest BCUT2D eigenvalue weighted by Crippen LogP contribution is 2.51. The van der Waals surface area contributed by atoms with Crippen molar-refractivity contribution >= 4 is 40.5 Å². The minimum atomic E-state index is -0.0490. The Labute approximate surface area is 210 Å². The van der Waals surface area contributed by atoms with Gasteiger partial charge in [0.1, 0.15) is 0 Å². The molecule has 0 aromatic heterocycles. The molecule has 0 amide bonds. The molecule has 4 aromatic rings. The summed E-state index contributed by atoms with van der Waals surface area (Å²) < 4.78 is 0. The summed E-state index contributed by atoms with van der Waals surface area (Å²) in [4.78, 5) is 5.05. The van der Waals surface area contributed by atoms with Crippen LogP contribution in [-0.4, -0.2) is 13.9 Å². The van der Waals surface area contributed by atoms with E-state index < -0.39 is 0 Å². The van der Waals surface area contributed by atoms with Gasteiger partial charge in [0.25, 0.3) is 0 Å². The molecule has 6 rings (SSSR count). The van der Waals surface area contributed by atoms with Gasteiger partial charge in [-0.2, -0.15) is 0 Å². The molecule has 2 aliphatic rings. The first kappa shape index (κ1) is 22.0. The number of nitrogens with zero attached hydrogens (tertiary/aromatic N) is 2. The zero-order chi connectivity index (χ0) is 24.6. The molecule has 0 aliphatic carbocycles. The van der Waals surface area contributed by atoms with Crippen LogP contribution in [0.2, 0.25) is 0 Å². The maximum absolute atomic E-state index is 2.65. The van der Waals surface area contributed by atoms with E-state index in [4.69, 9.17) is 0 Å². The molecule has 3 heteroatoms. The second-order valence-corrected chi connectivity index (χ2v) is 11.0. The van der Waals surface area contributed by atoms with Crippen molar-refractivity contribution in [3.05, 3.63) is 106 Å². The van der Waals surface area contributed by atoms with E-state index in [1.54, 1.807) is 0 Å². The smallest absolute Gasteiger partial charge is 0.328 e. The van der Waals surface area contributed by atoms with Crippen molar-refractivity contribution < 1.29 is 0 Å². The summed E-state index contributed by atoms with van der Waals surface area (Å²) in [5, 5.41) is 0. The van der Waals surface area contributed by atoms with Crippen LogP contribution in [0.1, 0.15) is 47.2 Å². The summed E-state index contributed by atoms with van der Waals surface area (Å²) in [6, 6.07) is 27.5. The highest BCUT2D eigenvalue weighted by molar-refractivity contribution is 6.90. The van der Waals surface area contributed by atoms with E-state index in [1.165, 1.54) is 67.1 Å². The van der Waals surface area contributed by atoms with Crippen molar-refractivity contribution in [1.29, 1.82) is 0 Å². The van der Waals surface area contributed by atoms with Crippen LogP contribution < -0.4 is 20.6 Å². The van der Waals surface area contributed by atoms with Gasteiger partial charge in [0, 0.05) is 12.5 Å². The summed E-state index contributed by atoms with van der Waals surface area (Å²) in [5.41, 5.74) is 16.0. The molecule has 0 atom stereocenters. The molecular formula is C32H33BN2. The molecule has 0 spiro atoms. The predicted molar refractivity (Wildman–Crippen MR) is 152 cm³/mol. The van der Waals surface area contributed by atoms with Gasteiger partial charge in [-0.15, -0.1) is 0 Å². The van der Waals surface area contributed by atoms with Crippen LogP contribution in [0, 0.1) is 27.7 Å². The maximum atomic E-state index is 2.65. The van der Waals surface area contributed by atoms with Crippen LogP contribution in [0.15, 0.2) is 72.8 Å². The highest BCUT2D eigenvalue weighted by Gasteiger charge is 2.45. The number of aryl methyl sites for hydroxylation is 4. The van der Waals surface area contributed by atoms with Crippen LogP contribution in [0.5, 0.6) is 0 Å². The molecule has 0 radical (unpaired) electrons. The van der Waals surface area contributed by atoms with Crippen LogP contribution in [-0.2, 0) is 5.41 Å². The number of hydrogen-bond donors (Lipinski definition) is 0. The van der Waals surface area contributed by atoms with Gasteiger partial charge in [-0.05, 0) is 84.1 Å². The monoisotopic (exact) mass is 456 g/mol. The Morgan fingerprint density at radius 1 is 0.629 bits per heavy atom. The van der Waals surface area contributed by atoms with Crippen molar-refractivity contribution in [2.75, 3.05) is 16.8 Å². The van der Waals surface area contributed by atoms with Gasteiger partial charge in [-0.1, -0.05) is 74.5 Å². The standard InChI is InChI=1S/C32H33BN2/c1-20-16-22(3)30-28(18-20)34(7)29-19-21(2)17-23(4)31(29)35(30)33-26-14-10-8-12-24(26)32(5,6)25-13-9-11-15-27(25)33/h8-19H,1-7H3. The molecule has 2 heterocycles. The van der Waals surface area contributed by atoms with Gasteiger partial charge in [0.05, 0.1) is 22.7 Å². The lowest BCUT2D eigenvalue weighted by molar-refractivity contribution is 0.645. The van der Waals surface area contributed by atoms with E-state index in [2.05, 4.69) is 131 Å². The van der Waals surface area contributed by atoms with Crippen molar-refractivity contribution in [3.63, 3.8) is 0 Å². The van der Waals surface area contributed by atoms with Crippen LogP contribution >= 0.6 is 0 Å². The fourth-order valence-electron chi connectivity index (χ4n) is 6.71. The zero-order valence-electron chi connectivity index (χ0n) is 21.9. The van der Waals surface area contributed by atoms with Gasteiger partial charge < -0.3 is 9.71 Å². The number of fused-ring (bicyclic) bond motifs is 4. The van der Waals surface area contributed by atoms with Gasteiger partial charge in [0.15, 0.2) is 0 Å². The summed E-state index contributed by atoms with van der Waals surface area (Å²) in [7, 11) is 2.22. The van der Waals surface area contributed by atoms with E-state index in [0.717, 1.165) is 0 Å². The third-order valence-electron chi connectivity index (χ3n) is 8.17. The number of rotatable bonds is 1. The van der Waals surface area contributed by atoms with E-state index in [-0.39, 0.29) is 12.3 Å². The molecule has 0 N–H and O–H groups in total. The Hall–Kier alpha value is -3.46. The molecule has 0 saturated heterocycles. The summed E-state index contributed by atoms with van der Waals surface area (Å²) in [5.74, 6) is 0. The number of benzene rings is 4. The molecule has 174 valence electrons. The number of hydrogen-bond acceptors (Lipinski definition) is 2. The Morgan fingerprint density at radius 2 is 1.06 bits per heavy atom. The van der Waals surface area contributed by atoms with E-state index in [1.807, 2.05) is 0 Å². The molecule has 35 heavy (non-hydrogen) atoms. The van der Waals surface area contributed by atoms with Crippen molar-refractivity contribution in [3.8, 4) is 0 Å². The Balaban J connectivity index is 1.75. The lowest BCUT2D eigenvalue weighted by Crippen LogP contribution is -2.63. The fourth-order valence-corrected chi connectivity index (χ4v) is 6.71. The van der Waals surface area contributed by atoms with Crippen LogP contribution in [0.25, 0.3) is 0 Å². The van der Waals surface area contributed by atoms with Gasteiger partial charge in [-0.25, -0.2) is 0 Å². The molecule has 0 bridgehead atoms. The minimum Gasteiger partial charge on any atom is -0.373 e. The zero-order valence-corrected chi connectivity index (χ0v) is 21.9. The van der Waals surface area contributed by atoms with E-state index in [0.29, 0.717) is 0 Å². The lowest BCUT2D eigenvalue weighted by atomic mass is 9.40. The second kappa shape index (κ2) is 7.52. The first-order chi connectivity index (χ1) is 16.7. The molecule has 4 aromatic carbocycles. The molecule has 2 nitrogen and oxygen atoms in total. The third-order valence-corrected chi connectivity index (χ3v) is 8.17. The van der Waals surface area contributed by atoms with Crippen molar-refractivity contribution in [1.82, 2.24) is 0 Å². The first-order valence-corrected chi connectivity index (χ1v) is 12.6. The largest absolute Gasteiger partial charge is 0.373 e. The maximum Gasteiger partial charge on any atom is 0.328 e. The topological polar surface area (TPSA) is 6.48 Å². The average molecular weight is 456 g/mol. The average Bonchev–Trinajstić information content (AvgIpc) is 2.81. The molecule has 0 saturated carbocycles. The van der Waals surface area contributed by atoms with Gasteiger partial charge in [-0.3, -0.25) is 0 Å². The van der Waals surface area contributed by atoms with E-state index >= 15 is 0 Å². The molecule has 0 unspecified atom stereocenters. The van der Waals surface area contributed by atoms with Crippen LogP contribution in [0.3, 0.4) is 0 Å².